The van der Waals surface area contributed by atoms with E-state index in [1.807, 2.05) is 6.07 Å². The fraction of sp³-hybridized carbons (Fsp3) is 0.250. The van der Waals surface area contributed by atoms with E-state index in [4.69, 9.17) is 10.00 Å². The van der Waals surface area contributed by atoms with Crippen molar-refractivity contribution < 1.29 is 9.13 Å². The second kappa shape index (κ2) is 5.94. The van der Waals surface area contributed by atoms with Crippen LogP contribution in [0.1, 0.15) is 17.5 Å². The van der Waals surface area contributed by atoms with Gasteiger partial charge in [-0.15, -0.1) is 6.58 Å². The molecule has 0 N–H and O–H groups in total. The van der Waals surface area contributed by atoms with Crippen LogP contribution in [0.2, 0.25) is 0 Å². The van der Waals surface area contributed by atoms with Gasteiger partial charge in [0.1, 0.15) is 5.82 Å². The van der Waals surface area contributed by atoms with Crippen molar-refractivity contribution in [1.82, 2.24) is 0 Å². The van der Waals surface area contributed by atoms with Gasteiger partial charge in [0.2, 0.25) is 0 Å². The zero-order valence-electron chi connectivity index (χ0n) is 8.37. The second-order valence-corrected chi connectivity index (χ2v) is 3.04. The summed E-state index contributed by atoms with van der Waals surface area (Å²) in [5, 5.41) is 8.77. The Kier molecular flexibility index (Phi) is 4.52. The molecule has 1 aromatic rings. The van der Waals surface area contributed by atoms with Crippen LogP contribution < -0.4 is 0 Å². The lowest BCUT2D eigenvalue weighted by Crippen LogP contribution is -1.97. The normalized spacial score (nSPS) is 9.60. The van der Waals surface area contributed by atoms with E-state index in [1.165, 1.54) is 18.2 Å². The molecule has 0 saturated heterocycles. The summed E-state index contributed by atoms with van der Waals surface area (Å²) in [4.78, 5) is 0. The van der Waals surface area contributed by atoms with Crippen LogP contribution in [0.25, 0.3) is 0 Å². The van der Waals surface area contributed by atoms with Crippen LogP contribution in [0.4, 0.5) is 4.39 Å². The van der Waals surface area contributed by atoms with E-state index in [0.29, 0.717) is 17.7 Å². The third-order valence-corrected chi connectivity index (χ3v) is 1.91. The van der Waals surface area contributed by atoms with Crippen molar-refractivity contribution >= 4 is 0 Å². The highest BCUT2D eigenvalue weighted by atomic mass is 19.1. The zero-order chi connectivity index (χ0) is 11.1. The highest BCUT2D eigenvalue weighted by Gasteiger charge is 2.03. The summed E-state index contributed by atoms with van der Waals surface area (Å²) in [5.74, 6) is -0.351. The fourth-order valence-electron chi connectivity index (χ4n) is 1.14. The van der Waals surface area contributed by atoms with Crippen LogP contribution in [-0.2, 0) is 11.3 Å². The molecular formula is C12H12FNO. The van der Waals surface area contributed by atoms with Gasteiger partial charge in [-0.3, -0.25) is 0 Å². The van der Waals surface area contributed by atoms with E-state index >= 15 is 0 Å². The maximum atomic E-state index is 12.9. The molecular weight excluding hydrogens is 193 g/mol. The number of hydrogen-bond donors (Lipinski definition) is 0. The Morgan fingerprint density at radius 1 is 1.53 bits per heavy atom. The molecule has 15 heavy (non-hydrogen) atoms. The van der Waals surface area contributed by atoms with Crippen LogP contribution >= 0.6 is 0 Å². The van der Waals surface area contributed by atoms with Gasteiger partial charge in [0.15, 0.2) is 0 Å². The van der Waals surface area contributed by atoms with Crippen LogP contribution in [0.15, 0.2) is 30.9 Å². The number of halogens is 1. The Hall–Kier alpha value is -1.66. The molecule has 0 fully saturated rings. The van der Waals surface area contributed by atoms with Gasteiger partial charge in [-0.1, -0.05) is 6.08 Å². The van der Waals surface area contributed by atoms with Crippen molar-refractivity contribution in [3.63, 3.8) is 0 Å². The minimum Gasteiger partial charge on any atom is -0.376 e. The van der Waals surface area contributed by atoms with Gasteiger partial charge in [-0.05, 0) is 30.2 Å². The number of ether oxygens (including phenoxy) is 1. The predicted octanol–water partition coefficient (Wildman–Crippen LogP) is 2.79. The van der Waals surface area contributed by atoms with E-state index in [1.54, 1.807) is 6.08 Å². The molecule has 1 aromatic carbocycles. The average Bonchev–Trinajstić information content (AvgIpc) is 2.25. The number of nitrogens with zero attached hydrogens (tertiary/aromatic N) is 1. The van der Waals surface area contributed by atoms with Gasteiger partial charge in [-0.2, -0.15) is 5.26 Å². The Bertz CT molecular complexity index is 382. The Morgan fingerprint density at radius 2 is 2.33 bits per heavy atom. The van der Waals surface area contributed by atoms with Gasteiger partial charge >= 0.3 is 0 Å². The van der Waals surface area contributed by atoms with E-state index in [9.17, 15) is 4.39 Å². The van der Waals surface area contributed by atoms with E-state index < -0.39 is 0 Å². The van der Waals surface area contributed by atoms with Crippen molar-refractivity contribution in [2.45, 2.75) is 13.0 Å². The summed E-state index contributed by atoms with van der Waals surface area (Å²) >= 11 is 0. The molecule has 2 nitrogen and oxygen atoms in total. The molecule has 0 radical (unpaired) electrons. The van der Waals surface area contributed by atoms with E-state index in [2.05, 4.69) is 6.58 Å². The van der Waals surface area contributed by atoms with Crippen molar-refractivity contribution in [2.24, 2.45) is 0 Å². The van der Waals surface area contributed by atoms with Crippen LogP contribution in [0.3, 0.4) is 0 Å². The average molecular weight is 205 g/mol. The number of rotatable bonds is 5. The lowest BCUT2D eigenvalue weighted by Gasteiger charge is -2.04. The van der Waals surface area contributed by atoms with Gasteiger partial charge < -0.3 is 4.74 Å². The largest absolute Gasteiger partial charge is 0.376 e. The minimum atomic E-state index is -0.351. The topological polar surface area (TPSA) is 33.0 Å². The Balaban J connectivity index is 2.63. The summed E-state index contributed by atoms with van der Waals surface area (Å²) in [6, 6.07) is 6.05. The quantitative estimate of drug-likeness (QED) is 0.547. The standard InChI is InChI=1S/C12H12FNO/c1-2-3-6-15-9-11-7-12(13)5-4-10(11)8-14/h2,4-5,7H,1,3,6,9H2. The predicted molar refractivity (Wildman–Crippen MR) is 55.6 cm³/mol. The molecule has 3 heteroatoms. The molecule has 1 rings (SSSR count). The summed E-state index contributed by atoms with van der Waals surface area (Å²) in [6.45, 7) is 4.35. The molecule has 78 valence electrons. The summed E-state index contributed by atoms with van der Waals surface area (Å²) in [5.41, 5.74) is 1.04. The van der Waals surface area contributed by atoms with Crippen molar-refractivity contribution in [3.8, 4) is 6.07 Å². The third-order valence-electron chi connectivity index (χ3n) is 1.91. The van der Waals surface area contributed by atoms with Crippen molar-refractivity contribution in [2.75, 3.05) is 6.61 Å². The van der Waals surface area contributed by atoms with Gasteiger partial charge in [0.25, 0.3) is 0 Å². The van der Waals surface area contributed by atoms with E-state index in [0.717, 1.165) is 6.42 Å². The molecule has 0 heterocycles. The van der Waals surface area contributed by atoms with Crippen LogP contribution in [0.5, 0.6) is 0 Å². The van der Waals surface area contributed by atoms with Crippen LogP contribution in [-0.4, -0.2) is 6.61 Å². The minimum absolute atomic E-state index is 0.258. The summed E-state index contributed by atoms with van der Waals surface area (Å²) in [6.07, 6.45) is 2.49. The third kappa shape index (κ3) is 3.53. The maximum Gasteiger partial charge on any atom is 0.123 e. The van der Waals surface area contributed by atoms with Gasteiger partial charge in [0.05, 0.1) is 24.8 Å². The molecule has 0 atom stereocenters. The number of nitriles is 1. The lowest BCUT2D eigenvalue weighted by molar-refractivity contribution is 0.125. The number of hydrogen-bond acceptors (Lipinski definition) is 2. The molecule has 0 aliphatic carbocycles. The molecule has 0 amide bonds. The van der Waals surface area contributed by atoms with Crippen LogP contribution in [0, 0.1) is 17.1 Å². The first-order valence-corrected chi connectivity index (χ1v) is 4.65. The smallest absolute Gasteiger partial charge is 0.123 e. The highest BCUT2D eigenvalue weighted by Crippen LogP contribution is 2.11. The molecule has 0 aromatic heterocycles. The lowest BCUT2D eigenvalue weighted by atomic mass is 10.1. The number of benzene rings is 1. The van der Waals surface area contributed by atoms with Crippen molar-refractivity contribution in [1.29, 1.82) is 5.26 Å². The second-order valence-electron chi connectivity index (χ2n) is 3.04. The summed E-state index contributed by atoms with van der Waals surface area (Å²) < 4.78 is 18.1. The first-order valence-electron chi connectivity index (χ1n) is 4.65. The molecule has 0 aliphatic rings. The SMILES string of the molecule is C=CCCOCc1cc(F)ccc1C#N. The molecule has 0 saturated carbocycles. The highest BCUT2D eigenvalue weighted by molar-refractivity contribution is 5.37. The van der Waals surface area contributed by atoms with Gasteiger partial charge in [0, 0.05) is 0 Å². The molecule has 0 spiro atoms. The van der Waals surface area contributed by atoms with E-state index in [-0.39, 0.29) is 12.4 Å². The Morgan fingerprint density at radius 3 is 3.00 bits per heavy atom. The molecule has 0 aliphatic heterocycles. The first kappa shape index (κ1) is 11.4. The maximum absolute atomic E-state index is 12.9. The van der Waals surface area contributed by atoms with Gasteiger partial charge in [-0.25, -0.2) is 4.39 Å². The Labute approximate surface area is 88.6 Å². The fourth-order valence-corrected chi connectivity index (χ4v) is 1.14. The molecule has 0 bridgehead atoms. The molecule has 0 unspecified atom stereocenters. The monoisotopic (exact) mass is 205 g/mol. The first-order chi connectivity index (χ1) is 7.27. The zero-order valence-corrected chi connectivity index (χ0v) is 8.37. The summed E-state index contributed by atoms with van der Waals surface area (Å²) in [7, 11) is 0. The van der Waals surface area contributed by atoms with Crippen molar-refractivity contribution in [3.05, 3.63) is 47.8 Å².